The highest BCUT2D eigenvalue weighted by Gasteiger charge is 2.28. The first kappa shape index (κ1) is 16.9. The van der Waals surface area contributed by atoms with Gasteiger partial charge in [-0.25, -0.2) is 0 Å². The number of rotatable bonds is 4. The summed E-state index contributed by atoms with van der Waals surface area (Å²) in [6, 6.07) is 3.43. The summed E-state index contributed by atoms with van der Waals surface area (Å²) in [7, 11) is 1.43. The van der Waals surface area contributed by atoms with Gasteiger partial charge in [0.05, 0.1) is 7.11 Å². The molecule has 7 heteroatoms. The Morgan fingerprint density at radius 1 is 1.39 bits per heavy atom. The van der Waals surface area contributed by atoms with E-state index >= 15 is 0 Å². The van der Waals surface area contributed by atoms with E-state index in [2.05, 4.69) is 0 Å². The van der Waals surface area contributed by atoms with Crippen LogP contribution in [-0.2, 0) is 0 Å². The number of benzene rings is 1. The van der Waals surface area contributed by atoms with Crippen LogP contribution in [0.25, 0.3) is 0 Å². The van der Waals surface area contributed by atoms with Gasteiger partial charge in [-0.05, 0) is 24.6 Å². The molecule has 0 amide bonds. The van der Waals surface area contributed by atoms with E-state index in [-0.39, 0.29) is 30.1 Å². The van der Waals surface area contributed by atoms with Crippen LogP contribution in [0.1, 0.15) is 24.4 Å². The first-order chi connectivity index (χ1) is 7.83. The second kappa shape index (κ2) is 6.70. The van der Waals surface area contributed by atoms with Crippen molar-refractivity contribution in [2.75, 3.05) is 7.11 Å². The number of phenolic OH excluding ortho intramolecular Hbond substituents is 1. The highest BCUT2D eigenvalue weighted by Crippen LogP contribution is 2.32. The van der Waals surface area contributed by atoms with Gasteiger partial charge in [-0.3, -0.25) is 0 Å². The maximum absolute atomic E-state index is 12.0. The molecule has 3 N–H and O–H groups in total. The van der Waals surface area contributed by atoms with E-state index in [0.717, 1.165) is 0 Å². The van der Waals surface area contributed by atoms with E-state index in [1.54, 1.807) is 0 Å². The van der Waals surface area contributed by atoms with Crippen LogP contribution < -0.4 is 10.5 Å². The minimum absolute atomic E-state index is 0. The van der Waals surface area contributed by atoms with E-state index in [1.807, 2.05) is 0 Å². The summed E-state index contributed by atoms with van der Waals surface area (Å²) in [4.78, 5) is 0. The lowest BCUT2D eigenvalue weighted by Gasteiger charge is -2.15. The molecule has 0 saturated carbocycles. The molecule has 0 aliphatic heterocycles. The lowest BCUT2D eigenvalue weighted by Crippen LogP contribution is -2.16. The third kappa shape index (κ3) is 5.01. The van der Waals surface area contributed by atoms with Gasteiger partial charge >= 0.3 is 6.18 Å². The largest absolute Gasteiger partial charge is 0.508 e. The zero-order valence-electron chi connectivity index (χ0n) is 9.70. The Kier molecular flexibility index (Phi) is 6.28. The number of halogens is 4. The standard InChI is InChI=1S/C11H14F3NO2.ClH/c1-17-7-2-3-10(16)8(6-7)9(15)4-5-11(12,13)14;/h2-3,6,9,16H,4-5,15H2,1H3;1H/t9-;/m0./s1. The maximum Gasteiger partial charge on any atom is 0.389 e. The van der Waals surface area contributed by atoms with Gasteiger partial charge in [0.15, 0.2) is 0 Å². The number of alkyl halides is 3. The monoisotopic (exact) mass is 285 g/mol. The van der Waals surface area contributed by atoms with Gasteiger partial charge in [-0.15, -0.1) is 12.4 Å². The average molecular weight is 286 g/mol. The third-order valence-electron chi connectivity index (χ3n) is 2.37. The molecule has 0 heterocycles. The Morgan fingerprint density at radius 3 is 2.50 bits per heavy atom. The summed E-state index contributed by atoms with van der Waals surface area (Å²) >= 11 is 0. The second-order valence-electron chi connectivity index (χ2n) is 3.69. The van der Waals surface area contributed by atoms with Crippen molar-refractivity contribution in [3.05, 3.63) is 23.8 Å². The molecular weight excluding hydrogens is 271 g/mol. The average Bonchev–Trinajstić information content (AvgIpc) is 2.25. The number of phenols is 1. The van der Waals surface area contributed by atoms with Crippen molar-refractivity contribution in [1.82, 2.24) is 0 Å². The first-order valence-electron chi connectivity index (χ1n) is 5.02. The summed E-state index contributed by atoms with van der Waals surface area (Å²) < 4.78 is 41.0. The molecule has 0 unspecified atom stereocenters. The molecule has 0 bridgehead atoms. The van der Waals surface area contributed by atoms with Gasteiger partial charge in [0.25, 0.3) is 0 Å². The number of hydrogen-bond acceptors (Lipinski definition) is 3. The van der Waals surface area contributed by atoms with E-state index < -0.39 is 18.6 Å². The summed E-state index contributed by atoms with van der Waals surface area (Å²) in [5, 5.41) is 9.51. The van der Waals surface area contributed by atoms with Crippen LogP contribution >= 0.6 is 12.4 Å². The second-order valence-corrected chi connectivity index (χ2v) is 3.69. The fourth-order valence-corrected chi connectivity index (χ4v) is 1.43. The van der Waals surface area contributed by atoms with Crippen LogP contribution in [0.4, 0.5) is 13.2 Å². The maximum atomic E-state index is 12.0. The van der Waals surface area contributed by atoms with Crippen molar-refractivity contribution in [3.63, 3.8) is 0 Å². The quantitative estimate of drug-likeness (QED) is 0.893. The lowest BCUT2D eigenvalue weighted by molar-refractivity contribution is -0.136. The molecule has 0 radical (unpaired) electrons. The number of aromatic hydroxyl groups is 1. The highest BCUT2D eigenvalue weighted by molar-refractivity contribution is 5.85. The topological polar surface area (TPSA) is 55.5 Å². The summed E-state index contributed by atoms with van der Waals surface area (Å²) in [6.45, 7) is 0. The molecule has 1 aromatic carbocycles. The number of methoxy groups -OCH3 is 1. The summed E-state index contributed by atoms with van der Waals surface area (Å²) in [5.74, 6) is 0.320. The molecule has 0 spiro atoms. The summed E-state index contributed by atoms with van der Waals surface area (Å²) in [6.07, 6.45) is -5.50. The SMILES string of the molecule is COc1ccc(O)c([C@@H](N)CCC(F)(F)F)c1.Cl. The number of hydrogen-bond donors (Lipinski definition) is 2. The van der Waals surface area contributed by atoms with Gasteiger partial charge in [-0.2, -0.15) is 13.2 Å². The van der Waals surface area contributed by atoms with Gasteiger partial charge in [0.2, 0.25) is 0 Å². The molecule has 0 aliphatic carbocycles. The fraction of sp³-hybridized carbons (Fsp3) is 0.455. The van der Waals surface area contributed by atoms with Crippen LogP contribution in [0, 0.1) is 0 Å². The fourth-order valence-electron chi connectivity index (χ4n) is 1.43. The summed E-state index contributed by atoms with van der Waals surface area (Å²) in [5.41, 5.74) is 5.87. The Balaban J connectivity index is 0.00000289. The van der Waals surface area contributed by atoms with E-state index in [4.69, 9.17) is 10.5 Å². The van der Waals surface area contributed by atoms with Crippen molar-refractivity contribution in [3.8, 4) is 11.5 Å². The Bertz CT molecular complexity index is 385. The molecular formula is C11H15ClF3NO2. The van der Waals surface area contributed by atoms with Crippen molar-refractivity contribution < 1.29 is 23.0 Å². The molecule has 0 saturated heterocycles. The van der Waals surface area contributed by atoms with Gasteiger partial charge in [-0.1, -0.05) is 0 Å². The van der Waals surface area contributed by atoms with Crippen LogP contribution in [0.5, 0.6) is 11.5 Å². The van der Waals surface area contributed by atoms with Crippen LogP contribution in [0.15, 0.2) is 18.2 Å². The Labute approximate surface area is 109 Å². The lowest BCUT2D eigenvalue weighted by atomic mass is 10.0. The van der Waals surface area contributed by atoms with Crippen molar-refractivity contribution >= 4 is 12.4 Å². The molecule has 1 aromatic rings. The molecule has 1 rings (SSSR count). The molecule has 0 aliphatic rings. The van der Waals surface area contributed by atoms with Gasteiger partial charge in [0.1, 0.15) is 11.5 Å². The normalized spacial score (nSPS) is 12.7. The predicted octanol–water partition coefficient (Wildman–Crippen LogP) is 3.16. The van der Waals surface area contributed by atoms with Crippen LogP contribution in [0.3, 0.4) is 0 Å². The van der Waals surface area contributed by atoms with Crippen LogP contribution in [-0.4, -0.2) is 18.4 Å². The molecule has 0 aromatic heterocycles. The predicted molar refractivity (Wildman–Crippen MR) is 64.1 cm³/mol. The first-order valence-corrected chi connectivity index (χ1v) is 5.02. The molecule has 3 nitrogen and oxygen atoms in total. The molecule has 0 fully saturated rings. The molecule has 18 heavy (non-hydrogen) atoms. The zero-order chi connectivity index (χ0) is 13.1. The van der Waals surface area contributed by atoms with Gasteiger partial charge in [0, 0.05) is 18.0 Å². The van der Waals surface area contributed by atoms with Crippen molar-refractivity contribution in [2.45, 2.75) is 25.1 Å². The smallest absolute Gasteiger partial charge is 0.389 e. The number of ether oxygens (including phenoxy) is 1. The van der Waals surface area contributed by atoms with E-state index in [0.29, 0.717) is 5.75 Å². The van der Waals surface area contributed by atoms with E-state index in [9.17, 15) is 18.3 Å². The van der Waals surface area contributed by atoms with Crippen molar-refractivity contribution in [1.29, 1.82) is 0 Å². The highest BCUT2D eigenvalue weighted by atomic mass is 35.5. The van der Waals surface area contributed by atoms with Gasteiger partial charge < -0.3 is 15.6 Å². The van der Waals surface area contributed by atoms with Crippen LogP contribution in [0.2, 0.25) is 0 Å². The van der Waals surface area contributed by atoms with Crippen molar-refractivity contribution in [2.24, 2.45) is 5.73 Å². The minimum atomic E-state index is -4.24. The molecule has 104 valence electrons. The van der Waals surface area contributed by atoms with E-state index in [1.165, 1.54) is 25.3 Å². The Morgan fingerprint density at radius 2 is 2.00 bits per heavy atom. The number of nitrogens with two attached hydrogens (primary N) is 1. The third-order valence-corrected chi connectivity index (χ3v) is 2.37. The Hall–Kier alpha value is -1.14. The molecule has 1 atom stereocenters. The minimum Gasteiger partial charge on any atom is -0.508 e. The zero-order valence-corrected chi connectivity index (χ0v) is 10.5.